The number of amides is 2. The van der Waals surface area contributed by atoms with Gasteiger partial charge in [-0.3, -0.25) is 14.5 Å². The quantitative estimate of drug-likeness (QED) is 0.552. The van der Waals surface area contributed by atoms with Crippen molar-refractivity contribution >= 4 is 23.4 Å². The van der Waals surface area contributed by atoms with Gasteiger partial charge in [0.2, 0.25) is 11.8 Å². The van der Waals surface area contributed by atoms with E-state index in [1.54, 1.807) is 0 Å². The molecule has 64 valence electrons. The highest BCUT2D eigenvalue weighted by Gasteiger charge is 2.34. The zero-order valence-corrected chi connectivity index (χ0v) is 7.04. The van der Waals surface area contributed by atoms with E-state index < -0.39 is 11.9 Å². The van der Waals surface area contributed by atoms with Crippen molar-refractivity contribution in [1.82, 2.24) is 4.90 Å². The third-order valence-electron chi connectivity index (χ3n) is 1.74. The monoisotopic (exact) mass is 186 g/mol. The Morgan fingerprint density at radius 2 is 2.50 bits per heavy atom. The molecule has 1 rings (SSSR count). The molecule has 1 atom stereocenters. The maximum atomic E-state index is 11.0. The molecule has 1 unspecified atom stereocenters. The van der Waals surface area contributed by atoms with E-state index >= 15 is 0 Å². The van der Waals surface area contributed by atoms with Crippen molar-refractivity contribution in [3.63, 3.8) is 0 Å². The lowest BCUT2D eigenvalue weighted by molar-refractivity contribution is -0.141. The maximum absolute atomic E-state index is 11.0. The van der Waals surface area contributed by atoms with Crippen LogP contribution >= 0.6 is 11.6 Å². The number of likely N-dealkylation sites (tertiary alicyclic amines) is 1. The lowest BCUT2D eigenvalue weighted by atomic mass is 10.2. The largest absolute Gasteiger partial charge is 0.274 e. The summed E-state index contributed by atoms with van der Waals surface area (Å²) in [5.74, 6) is -1.03. The van der Waals surface area contributed by atoms with Crippen molar-refractivity contribution in [3.8, 4) is 6.07 Å². The minimum Gasteiger partial charge on any atom is -0.274 e. The van der Waals surface area contributed by atoms with E-state index in [0.29, 0.717) is 6.42 Å². The molecule has 1 heterocycles. The van der Waals surface area contributed by atoms with Crippen LogP contribution in [0.2, 0.25) is 0 Å². The molecular weight excluding hydrogens is 180 g/mol. The molecule has 2 amide bonds. The van der Waals surface area contributed by atoms with E-state index in [2.05, 4.69) is 0 Å². The molecule has 0 aromatic heterocycles. The van der Waals surface area contributed by atoms with Gasteiger partial charge in [-0.05, 0) is 6.42 Å². The van der Waals surface area contributed by atoms with E-state index in [1.807, 2.05) is 6.07 Å². The van der Waals surface area contributed by atoms with Gasteiger partial charge in [-0.15, -0.1) is 11.6 Å². The Hall–Kier alpha value is -1.08. The third kappa shape index (κ3) is 1.41. The molecule has 1 aliphatic rings. The number of carbonyl (C=O) groups is 2. The molecule has 0 aromatic rings. The van der Waals surface area contributed by atoms with Gasteiger partial charge in [0, 0.05) is 6.42 Å². The molecule has 0 N–H and O–H groups in total. The summed E-state index contributed by atoms with van der Waals surface area (Å²) < 4.78 is 0. The molecular formula is C7H7ClN2O2. The molecule has 1 saturated heterocycles. The molecule has 0 spiro atoms. The normalized spacial score (nSPS) is 22.5. The summed E-state index contributed by atoms with van der Waals surface area (Å²) in [4.78, 5) is 23.0. The van der Waals surface area contributed by atoms with E-state index in [-0.39, 0.29) is 18.2 Å². The standard InChI is InChI=1S/C7H7ClN2O2/c8-3-7(12)10-5(4-9)1-2-6(10)11/h5H,1-3H2. The van der Waals surface area contributed by atoms with Crippen molar-refractivity contribution in [2.75, 3.05) is 5.88 Å². The van der Waals surface area contributed by atoms with Crippen LogP contribution in [0.4, 0.5) is 0 Å². The van der Waals surface area contributed by atoms with Gasteiger partial charge in [0.1, 0.15) is 11.9 Å². The zero-order chi connectivity index (χ0) is 9.14. The number of carbonyl (C=O) groups excluding carboxylic acids is 2. The first-order chi connectivity index (χ1) is 5.70. The van der Waals surface area contributed by atoms with Crippen LogP contribution in [0.3, 0.4) is 0 Å². The Labute approximate surface area is 74.7 Å². The predicted octanol–water partition coefficient (Wildman–Crippen LogP) is 0.266. The van der Waals surface area contributed by atoms with Crippen LogP contribution in [0, 0.1) is 11.3 Å². The Kier molecular flexibility index (Phi) is 2.66. The van der Waals surface area contributed by atoms with Crippen LogP contribution < -0.4 is 0 Å². The second-order valence-electron chi connectivity index (χ2n) is 2.47. The van der Waals surface area contributed by atoms with Gasteiger partial charge in [0.05, 0.1) is 6.07 Å². The molecule has 0 aromatic carbocycles. The first kappa shape index (κ1) is 9.01. The fraction of sp³-hybridized carbons (Fsp3) is 0.571. The molecule has 0 saturated carbocycles. The maximum Gasteiger partial charge on any atom is 0.245 e. The van der Waals surface area contributed by atoms with Crippen molar-refractivity contribution in [2.24, 2.45) is 0 Å². The first-order valence-electron chi connectivity index (χ1n) is 3.51. The molecule has 4 nitrogen and oxygen atoms in total. The molecule has 0 bridgehead atoms. The number of nitriles is 1. The van der Waals surface area contributed by atoms with E-state index in [0.717, 1.165) is 4.90 Å². The summed E-state index contributed by atoms with van der Waals surface area (Å²) in [5.41, 5.74) is 0. The Morgan fingerprint density at radius 3 is 3.00 bits per heavy atom. The number of hydrogen-bond acceptors (Lipinski definition) is 3. The second-order valence-corrected chi connectivity index (χ2v) is 2.74. The van der Waals surface area contributed by atoms with Gasteiger partial charge in [0.15, 0.2) is 0 Å². The predicted molar refractivity (Wildman–Crippen MR) is 41.2 cm³/mol. The SMILES string of the molecule is N#CC1CCC(=O)N1C(=O)CCl. The van der Waals surface area contributed by atoms with Gasteiger partial charge in [-0.1, -0.05) is 0 Å². The summed E-state index contributed by atoms with van der Waals surface area (Å²) in [6.45, 7) is 0. The summed E-state index contributed by atoms with van der Waals surface area (Å²) in [7, 11) is 0. The fourth-order valence-corrected chi connectivity index (χ4v) is 1.31. The van der Waals surface area contributed by atoms with Crippen molar-refractivity contribution < 1.29 is 9.59 Å². The van der Waals surface area contributed by atoms with Crippen LogP contribution in [-0.2, 0) is 9.59 Å². The number of halogens is 1. The smallest absolute Gasteiger partial charge is 0.245 e. The van der Waals surface area contributed by atoms with Crippen LogP contribution in [0.15, 0.2) is 0 Å². The molecule has 1 aliphatic heterocycles. The topological polar surface area (TPSA) is 61.2 Å². The number of imide groups is 1. The van der Waals surface area contributed by atoms with E-state index in [9.17, 15) is 9.59 Å². The lowest BCUT2D eigenvalue weighted by Gasteiger charge is -2.15. The van der Waals surface area contributed by atoms with E-state index in [4.69, 9.17) is 16.9 Å². The Morgan fingerprint density at radius 1 is 1.83 bits per heavy atom. The minimum absolute atomic E-state index is 0.246. The molecule has 0 aliphatic carbocycles. The van der Waals surface area contributed by atoms with Gasteiger partial charge < -0.3 is 0 Å². The Bertz CT molecular complexity index is 259. The van der Waals surface area contributed by atoms with Crippen LogP contribution in [0.1, 0.15) is 12.8 Å². The molecule has 0 radical (unpaired) electrons. The average molecular weight is 187 g/mol. The average Bonchev–Trinajstić information content (AvgIpc) is 2.45. The van der Waals surface area contributed by atoms with Crippen LogP contribution in [0.25, 0.3) is 0 Å². The summed E-state index contributed by atoms with van der Waals surface area (Å²) in [6, 6.07) is 1.28. The van der Waals surface area contributed by atoms with Gasteiger partial charge in [-0.2, -0.15) is 5.26 Å². The fourth-order valence-electron chi connectivity index (χ4n) is 1.18. The summed E-state index contributed by atoms with van der Waals surface area (Å²) >= 11 is 5.27. The number of nitrogens with zero attached hydrogens (tertiary/aromatic N) is 2. The van der Waals surface area contributed by atoms with Crippen LogP contribution in [-0.4, -0.2) is 28.6 Å². The molecule has 1 fully saturated rings. The van der Waals surface area contributed by atoms with Crippen LogP contribution in [0.5, 0.6) is 0 Å². The van der Waals surface area contributed by atoms with Gasteiger partial charge in [-0.25, -0.2) is 0 Å². The van der Waals surface area contributed by atoms with Gasteiger partial charge >= 0.3 is 0 Å². The first-order valence-corrected chi connectivity index (χ1v) is 4.04. The highest BCUT2D eigenvalue weighted by Crippen LogP contribution is 2.18. The van der Waals surface area contributed by atoms with Crippen molar-refractivity contribution in [1.29, 1.82) is 5.26 Å². The second kappa shape index (κ2) is 3.55. The molecule has 12 heavy (non-hydrogen) atoms. The summed E-state index contributed by atoms with van der Waals surface area (Å²) in [6.07, 6.45) is 0.693. The molecule has 5 heteroatoms. The van der Waals surface area contributed by atoms with Gasteiger partial charge in [0.25, 0.3) is 0 Å². The number of rotatable bonds is 1. The Balaban J connectivity index is 2.78. The zero-order valence-electron chi connectivity index (χ0n) is 6.29. The highest BCUT2D eigenvalue weighted by molar-refractivity contribution is 6.28. The van der Waals surface area contributed by atoms with Crippen molar-refractivity contribution in [3.05, 3.63) is 0 Å². The third-order valence-corrected chi connectivity index (χ3v) is 1.97. The highest BCUT2D eigenvalue weighted by atomic mass is 35.5. The lowest BCUT2D eigenvalue weighted by Crippen LogP contribution is -2.38. The number of hydrogen-bond donors (Lipinski definition) is 0. The summed E-state index contributed by atoms with van der Waals surface area (Å²) in [5, 5.41) is 8.56. The number of alkyl halides is 1. The van der Waals surface area contributed by atoms with Crippen molar-refractivity contribution in [2.45, 2.75) is 18.9 Å². The minimum atomic E-state index is -0.608. The van der Waals surface area contributed by atoms with E-state index in [1.165, 1.54) is 0 Å².